The Bertz CT molecular complexity index is 752. The maximum absolute atomic E-state index is 3.56. The highest BCUT2D eigenvalue weighted by Gasteiger charge is 2.30. The lowest BCUT2D eigenvalue weighted by Gasteiger charge is -2.23. The molecule has 2 unspecified atom stereocenters. The van der Waals surface area contributed by atoms with E-state index in [-0.39, 0.29) is 0 Å². The number of thiophene rings is 1. The average Bonchev–Trinajstić information content (AvgIpc) is 3.14. The molecular formula is C18H17NS2. The minimum Gasteiger partial charge on any atom is -0.312 e. The molecule has 1 aliphatic heterocycles. The Kier molecular flexibility index (Phi) is 3.49. The van der Waals surface area contributed by atoms with E-state index in [0.29, 0.717) is 11.3 Å². The molecule has 0 bridgehead atoms. The van der Waals surface area contributed by atoms with Crippen LogP contribution in [0.15, 0.2) is 58.8 Å². The number of thioether (sulfide) groups is 1. The van der Waals surface area contributed by atoms with E-state index >= 15 is 0 Å². The third-order valence-electron chi connectivity index (χ3n) is 4.20. The highest BCUT2D eigenvalue weighted by Crippen LogP contribution is 2.44. The SMILES string of the molecule is CNC(c1cccc2ccsc12)C1Cc2ccccc2S1. The molecule has 4 rings (SSSR count). The molecule has 2 atom stereocenters. The minimum atomic E-state index is 0.393. The zero-order valence-corrected chi connectivity index (χ0v) is 13.5. The fraction of sp³-hybridized carbons (Fsp3) is 0.222. The van der Waals surface area contributed by atoms with Gasteiger partial charge in [-0.15, -0.1) is 23.1 Å². The van der Waals surface area contributed by atoms with Gasteiger partial charge in [0.15, 0.2) is 0 Å². The molecule has 1 N–H and O–H groups in total. The first-order valence-corrected chi connectivity index (χ1v) is 9.00. The topological polar surface area (TPSA) is 12.0 Å². The molecule has 0 radical (unpaired) electrons. The van der Waals surface area contributed by atoms with Crippen molar-refractivity contribution in [2.75, 3.05) is 7.05 Å². The van der Waals surface area contributed by atoms with Gasteiger partial charge in [-0.25, -0.2) is 0 Å². The summed E-state index contributed by atoms with van der Waals surface area (Å²) in [4.78, 5) is 1.45. The van der Waals surface area contributed by atoms with Crippen LogP contribution in [0.25, 0.3) is 10.1 Å². The van der Waals surface area contributed by atoms with E-state index in [2.05, 4.69) is 66.3 Å². The van der Waals surface area contributed by atoms with Gasteiger partial charge in [0, 0.05) is 20.9 Å². The van der Waals surface area contributed by atoms with E-state index in [1.165, 1.54) is 26.1 Å². The number of hydrogen-bond acceptors (Lipinski definition) is 3. The van der Waals surface area contributed by atoms with Gasteiger partial charge in [0.2, 0.25) is 0 Å². The summed E-state index contributed by atoms with van der Waals surface area (Å²) in [7, 11) is 2.08. The van der Waals surface area contributed by atoms with E-state index in [0.717, 1.165) is 6.42 Å². The van der Waals surface area contributed by atoms with Gasteiger partial charge in [0.25, 0.3) is 0 Å². The van der Waals surface area contributed by atoms with Crippen molar-refractivity contribution in [3.63, 3.8) is 0 Å². The van der Waals surface area contributed by atoms with Gasteiger partial charge >= 0.3 is 0 Å². The molecule has 3 heteroatoms. The van der Waals surface area contributed by atoms with Gasteiger partial charge in [-0.2, -0.15) is 0 Å². The largest absolute Gasteiger partial charge is 0.312 e. The summed E-state index contributed by atoms with van der Waals surface area (Å²) in [6.07, 6.45) is 1.15. The average molecular weight is 311 g/mol. The molecular weight excluding hydrogens is 294 g/mol. The molecule has 1 aromatic heterocycles. The van der Waals surface area contributed by atoms with Crippen LogP contribution in [0, 0.1) is 0 Å². The first kappa shape index (κ1) is 13.4. The Balaban J connectivity index is 1.72. The molecule has 0 fully saturated rings. The van der Waals surface area contributed by atoms with Crippen LogP contribution in [-0.2, 0) is 6.42 Å². The van der Waals surface area contributed by atoms with E-state index in [4.69, 9.17) is 0 Å². The Labute approximate surface area is 133 Å². The summed E-state index contributed by atoms with van der Waals surface area (Å²) < 4.78 is 1.42. The summed E-state index contributed by atoms with van der Waals surface area (Å²) in [6.45, 7) is 0. The second-order valence-corrected chi connectivity index (χ2v) is 7.62. The van der Waals surface area contributed by atoms with Crippen LogP contribution in [0.1, 0.15) is 17.2 Å². The van der Waals surface area contributed by atoms with Crippen LogP contribution < -0.4 is 5.32 Å². The molecule has 3 aromatic rings. The summed E-state index contributed by atoms with van der Waals surface area (Å²) in [5, 5.41) is 7.68. The normalized spacial score (nSPS) is 18.8. The third-order valence-corrected chi connectivity index (χ3v) is 6.57. The predicted molar refractivity (Wildman–Crippen MR) is 93.4 cm³/mol. The molecule has 1 nitrogen and oxygen atoms in total. The number of rotatable bonds is 3. The lowest BCUT2D eigenvalue weighted by molar-refractivity contribution is 0.573. The van der Waals surface area contributed by atoms with Gasteiger partial charge in [-0.05, 0) is 47.5 Å². The molecule has 0 saturated heterocycles. The van der Waals surface area contributed by atoms with E-state index in [1.54, 1.807) is 0 Å². The summed E-state index contributed by atoms with van der Waals surface area (Å²) >= 11 is 3.87. The van der Waals surface area contributed by atoms with Crippen LogP contribution in [0.3, 0.4) is 0 Å². The van der Waals surface area contributed by atoms with Crippen LogP contribution >= 0.6 is 23.1 Å². The Morgan fingerprint density at radius 1 is 1.10 bits per heavy atom. The summed E-state index contributed by atoms with van der Waals surface area (Å²) in [5.74, 6) is 0. The molecule has 1 aliphatic rings. The summed E-state index contributed by atoms with van der Waals surface area (Å²) in [5.41, 5.74) is 2.93. The highest BCUT2D eigenvalue weighted by atomic mass is 32.2. The maximum Gasteiger partial charge on any atom is 0.0459 e. The van der Waals surface area contributed by atoms with Crippen LogP contribution in [0.5, 0.6) is 0 Å². The van der Waals surface area contributed by atoms with Crippen molar-refractivity contribution in [2.45, 2.75) is 22.6 Å². The Hall–Kier alpha value is -1.29. The van der Waals surface area contributed by atoms with Gasteiger partial charge in [0.05, 0.1) is 0 Å². The summed E-state index contributed by atoms with van der Waals surface area (Å²) in [6, 6.07) is 18.1. The number of benzene rings is 2. The second kappa shape index (κ2) is 5.48. The fourth-order valence-electron chi connectivity index (χ4n) is 3.20. The lowest BCUT2D eigenvalue weighted by Crippen LogP contribution is -2.27. The predicted octanol–water partition coefficient (Wildman–Crippen LogP) is 4.88. The molecule has 0 aliphatic carbocycles. The van der Waals surface area contributed by atoms with Gasteiger partial charge in [-0.3, -0.25) is 0 Å². The highest BCUT2D eigenvalue weighted by molar-refractivity contribution is 8.00. The van der Waals surface area contributed by atoms with Crippen molar-refractivity contribution in [3.05, 3.63) is 65.0 Å². The minimum absolute atomic E-state index is 0.393. The van der Waals surface area contributed by atoms with Crippen LogP contribution in [-0.4, -0.2) is 12.3 Å². The molecule has 2 heterocycles. The zero-order valence-electron chi connectivity index (χ0n) is 11.9. The number of fused-ring (bicyclic) bond motifs is 2. The molecule has 2 aromatic carbocycles. The Morgan fingerprint density at radius 3 is 2.86 bits per heavy atom. The Morgan fingerprint density at radius 2 is 2.00 bits per heavy atom. The quantitative estimate of drug-likeness (QED) is 0.740. The van der Waals surface area contributed by atoms with Crippen molar-refractivity contribution < 1.29 is 0 Å². The maximum atomic E-state index is 3.56. The van der Waals surface area contributed by atoms with Crippen LogP contribution in [0.4, 0.5) is 0 Å². The molecule has 106 valence electrons. The lowest BCUT2D eigenvalue weighted by atomic mass is 9.98. The van der Waals surface area contributed by atoms with Crippen molar-refractivity contribution in [1.29, 1.82) is 0 Å². The van der Waals surface area contributed by atoms with E-state index < -0.39 is 0 Å². The standard InChI is InChI=1S/C18H17NS2/c1-19-17(14-7-4-6-12-9-10-20-18(12)14)16-11-13-5-2-3-8-15(13)21-16/h2-10,16-17,19H,11H2,1H3. The second-order valence-electron chi connectivity index (χ2n) is 5.42. The molecule has 0 spiro atoms. The number of hydrogen-bond donors (Lipinski definition) is 1. The van der Waals surface area contributed by atoms with E-state index in [9.17, 15) is 0 Å². The molecule has 21 heavy (non-hydrogen) atoms. The smallest absolute Gasteiger partial charge is 0.0459 e. The van der Waals surface area contributed by atoms with Crippen molar-refractivity contribution in [2.24, 2.45) is 0 Å². The zero-order chi connectivity index (χ0) is 14.2. The first-order chi connectivity index (χ1) is 10.4. The third kappa shape index (κ3) is 2.30. The fourth-order valence-corrected chi connectivity index (χ4v) is 5.62. The van der Waals surface area contributed by atoms with Crippen molar-refractivity contribution in [1.82, 2.24) is 5.32 Å². The van der Waals surface area contributed by atoms with E-state index in [1.807, 2.05) is 23.1 Å². The van der Waals surface area contributed by atoms with Gasteiger partial charge in [0.1, 0.15) is 0 Å². The van der Waals surface area contributed by atoms with Gasteiger partial charge < -0.3 is 5.32 Å². The molecule has 0 amide bonds. The first-order valence-electron chi connectivity index (χ1n) is 7.25. The van der Waals surface area contributed by atoms with Crippen molar-refractivity contribution in [3.8, 4) is 0 Å². The number of nitrogens with one attached hydrogen (secondary N) is 1. The van der Waals surface area contributed by atoms with Gasteiger partial charge in [-0.1, -0.05) is 36.4 Å². The molecule has 0 saturated carbocycles. The van der Waals surface area contributed by atoms with Crippen LogP contribution in [0.2, 0.25) is 0 Å². The monoisotopic (exact) mass is 311 g/mol. The van der Waals surface area contributed by atoms with Crippen molar-refractivity contribution >= 4 is 33.2 Å².